The van der Waals surface area contributed by atoms with E-state index in [4.69, 9.17) is 0 Å². The van der Waals surface area contributed by atoms with Gasteiger partial charge in [0.2, 0.25) is 0 Å². The molecule has 0 bridgehead atoms. The quantitative estimate of drug-likeness (QED) is 0.0847. The molecule has 77 heavy (non-hydrogen) atoms. The Morgan fingerprint density at radius 2 is 0.247 bits per heavy atom. The molecule has 0 aliphatic rings. The Labute approximate surface area is 455 Å². The first-order valence-electron chi connectivity index (χ1n) is 27.0. The van der Waals surface area contributed by atoms with Gasteiger partial charge in [-0.3, -0.25) is 0 Å². The molecule has 368 valence electrons. The third kappa shape index (κ3) is 10.0. The summed E-state index contributed by atoms with van der Waals surface area (Å²) in [4.78, 5) is 0. The zero-order chi connectivity index (χ0) is 51.6. The van der Waals surface area contributed by atoms with Crippen molar-refractivity contribution in [2.24, 2.45) is 0 Å². The predicted octanol–water partition coefficient (Wildman–Crippen LogP) is 18.8. The molecule has 12 rings (SSSR count). The summed E-state index contributed by atoms with van der Waals surface area (Å²) in [5.74, 6) is 0.250. The van der Waals surface area contributed by atoms with Gasteiger partial charge in [-0.1, -0.05) is 340 Å². The molecule has 0 radical (unpaired) electrons. The molecular formula is C77H60. The summed E-state index contributed by atoms with van der Waals surface area (Å²) >= 11 is 0. The lowest BCUT2D eigenvalue weighted by molar-refractivity contribution is 0.740. The summed E-state index contributed by atoms with van der Waals surface area (Å²) < 4.78 is 0. The largest absolute Gasteiger partial charge is 0.0701 e. The molecule has 0 heterocycles. The highest BCUT2D eigenvalue weighted by Gasteiger charge is 2.39. The highest BCUT2D eigenvalue weighted by molar-refractivity contribution is 5.63. The second-order valence-electron chi connectivity index (χ2n) is 20.3. The second kappa shape index (κ2) is 22.6. The lowest BCUT2D eigenvalue weighted by Crippen LogP contribution is -2.31. The van der Waals surface area contributed by atoms with Crippen molar-refractivity contribution in [1.29, 1.82) is 0 Å². The minimum absolute atomic E-state index is 0.0624. The summed E-state index contributed by atoms with van der Waals surface area (Å²) in [6, 6.07) is 126. The summed E-state index contributed by atoms with van der Waals surface area (Å²) in [6.45, 7) is 0. The number of benzene rings is 12. The van der Waals surface area contributed by atoms with E-state index in [-0.39, 0.29) is 23.7 Å². The molecule has 0 spiro atoms. The topological polar surface area (TPSA) is 0 Å². The molecule has 0 heteroatoms. The van der Waals surface area contributed by atoms with E-state index in [1.807, 2.05) is 0 Å². The Kier molecular flexibility index (Phi) is 14.3. The van der Waals surface area contributed by atoms with Crippen LogP contribution < -0.4 is 0 Å². The number of hydrogen-bond donors (Lipinski definition) is 0. The van der Waals surface area contributed by atoms with Crippen LogP contribution in [0.15, 0.2) is 340 Å². The molecule has 0 saturated heterocycles. The van der Waals surface area contributed by atoms with Crippen molar-refractivity contribution in [1.82, 2.24) is 0 Å². The average molecular weight is 985 g/mol. The Bertz CT molecular complexity index is 3040. The van der Waals surface area contributed by atoms with Crippen molar-refractivity contribution < 1.29 is 0 Å². The Hall–Kier alpha value is -9.36. The van der Waals surface area contributed by atoms with Gasteiger partial charge < -0.3 is 0 Å². The third-order valence-corrected chi connectivity index (χ3v) is 15.8. The number of hydrogen-bond acceptors (Lipinski definition) is 0. The summed E-state index contributed by atoms with van der Waals surface area (Å²) in [5.41, 5.74) is 19.2. The molecule has 0 nitrogen and oxygen atoms in total. The lowest BCUT2D eigenvalue weighted by Gasteiger charge is -2.38. The van der Waals surface area contributed by atoms with E-state index in [0.717, 1.165) is 0 Å². The monoisotopic (exact) mass is 984 g/mol. The molecule has 12 aromatic carbocycles. The molecule has 0 aliphatic heterocycles. The highest BCUT2D eigenvalue weighted by Crippen LogP contribution is 2.48. The first kappa shape index (κ1) is 48.6. The smallest absolute Gasteiger partial charge is 0.0622 e. The summed E-state index contributed by atoms with van der Waals surface area (Å²) in [5, 5.41) is 0. The van der Waals surface area contributed by atoms with E-state index in [2.05, 4.69) is 340 Å². The van der Waals surface area contributed by atoms with Gasteiger partial charge in [0, 0.05) is 23.7 Å². The molecule has 0 aromatic heterocycles. The molecule has 0 atom stereocenters. The molecule has 0 amide bonds. The maximum Gasteiger partial charge on any atom is 0.0701 e. The van der Waals surface area contributed by atoms with Crippen molar-refractivity contribution >= 4 is 0 Å². The van der Waals surface area contributed by atoms with Gasteiger partial charge in [0.25, 0.3) is 0 Å². The van der Waals surface area contributed by atoms with Crippen LogP contribution in [0.5, 0.6) is 0 Å². The zero-order valence-electron chi connectivity index (χ0n) is 43.1. The van der Waals surface area contributed by atoms with E-state index in [9.17, 15) is 0 Å². The van der Waals surface area contributed by atoms with Gasteiger partial charge in [-0.25, -0.2) is 0 Å². The van der Waals surface area contributed by atoms with Crippen LogP contribution in [-0.4, -0.2) is 0 Å². The van der Waals surface area contributed by atoms with Gasteiger partial charge >= 0.3 is 0 Å². The van der Waals surface area contributed by atoms with Crippen LogP contribution in [-0.2, 0) is 5.41 Å². The molecule has 0 unspecified atom stereocenters. The molecule has 12 aromatic rings. The van der Waals surface area contributed by atoms with Gasteiger partial charge in [-0.2, -0.15) is 0 Å². The van der Waals surface area contributed by atoms with Crippen molar-refractivity contribution in [2.75, 3.05) is 0 Å². The van der Waals surface area contributed by atoms with Crippen LogP contribution in [0.1, 0.15) is 113 Å². The van der Waals surface area contributed by atoms with E-state index >= 15 is 0 Å². The standard InChI is InChI=1S/C77H60/c1-9-25-57(26-10-1)73(58-27-11-2-12-28-58)65-41-49-69(50-42-65)77(70-51-43-66(44-52-70)74(59-29-13-3-14-30-59)60-31-15-4-16-32-60,71-53-45-67(46-54-71)75(61-33-17-5-18-34-61)62-35-19-6-20-36-62)72-55-47-68(48-56-72)76(63-37-21-7-22-38-63)64-39-23-8-24-40-64/h1-56,73-76H. The molecule has 0 N–H and O–H groups in total. The lowest BCUT2D eigenvalue weighted by atomic mass is 9.64. The molecule has 0 aliphatic carbocycles. The SMILES string of the molecule is c1ccc(C(c2ccccc2)c2ccc(C(c3ccc(C(c4ccccc4)c4ccccc4)cc3)(c3ccc(C(c4ccccc4)c4ccccc4)cc3)c3ccc(C(c4ccccc4)c4ccccc4)cc3)cc2)cc1. The molecule has 0 fully saturated rings. The average Bonchev–Trinajstić information content (AvgIpc) is 3.51. The van der Waals surface area contributed by atoms with Gasteiger partial charge in [0.15, 0.2) is 0 Å². The van der Waals surface area contributed by atoms with E-state index in [1.54, 1.807) is 0 Å². The fourth-order valence-electron chi connectivity index (χ4n) is 12.2. The van der Waals surface area contributed by atoms with Gasteiger partial charge in [-0.15, -0.1) is 0 Å². The Morgan fingerprint density at radius 1 is 0.130 bits per heavy atom. The third-order valence-electron chi connectivity index (χ3n) is 15.8. The van der Waals surface area contributed by atoms with Crippen LogP contribution in [0.4, 0.5) is 0 Å². The fraction of sp³-hybridized carbons (Fsp3) is 0.0649. The minimum atomic E-state index is -0.748. The summed E-state index contributed by atoms with van der Waals surface area (Å²) in [7, 11) is 0. The van der Waals surface area contributed by atoms with Gasteiger partial charge in [0.1, 0.15) is 0 Å². The second-order valence-corrected chi connectivity index (χ2v) is 20.3. The maximum absolute atomic E-state index is 2.41. The fourth-order valence-corrected chi connectivity index (χ4v) is 12.2. The van der Waals surface area contributed by atoms with Crippen molar-refractivity contribution in [3.8, 4) is 0 Å². The highest BCUT2D eigenvalue weighted by atomic mass is 14.4. The van der Waals surface area contributed by atoms with Crippen molar-refractivity contribution in [2.45, 2.75) is 29.1 Å². The Balaban J connectivity index is 1.08. The zero-order valence-corrected chi connectivity index (χ0v) is 43.1. The molecule has 0 saturated carbocycles. The minimum Gasteiger partial charge on any atom is -0.0622 e. The first-order valence-corrected chi connectivity index (χ1v) is 27.0. The van der Waals surface area contributed by atoms with E-state index < -0.39 is 5.41 Å². The normalized spacial score (nSPS) is 11.6. The van der Waals surface area contributed by atoms with Crippen LogP contribution >= 0.6 is 0 Å². The summed E-state index contributed by atoms with van der Waals surface area (Å²) in [6.07, 6.45) is 0. The van der Waals surface area contributed by atoms with Gasteiger partial charge in [0.05, 0.1) is 5.41 Å². The number of rotatable bonds is 16. The van der Waals surface area contributed by atoms with Crippen molar-refractivity contribution in [3.63, 3.8) is 0 Å². The van der Waals surface area contributed by atoms with E-state index in [1.165, 1.54) is 89.0 Å². The maximum atomic E-state index is 2.41. The van der Waals surface area contributed by atoms with Crippen LogP contribution in [0.3, 0.4) is 0 Å². The van der Waals surface area contributed by atoms with Crippen molar-refractivity contribution in [3.05, 3.63) is 429 Å². The van der Waals surface area contributed by atoms with Crippen LogP contribution in [0.25, 0.3) is 0 Å². The first-order chi connectivity index (χ1) is 38.2. The van der Waals surface area contributed by atoms with Crippen LogP contribution in [0, 0.1) is 0 Å². The molecular weight excluding hydrogens is 925 g/mol. The van der Waals surface area contributed by atoms with E-state index in [0.29, 0.717) is 0 Å². The van der Waals surface area contributed by atoms with Crippen LogP contribution in [0.2, 0.25) is 0 Å². The Morgan fingerprint density at radius 3 is 0.377 bits per heavy atom. The van der Waals surface area contributed by atoms with Gasteiger partial charge in [-0.05, 0) is 89.0 Å². The predicted molar refractivity (Wildman–Crippen MR) is 320 cm³/mol.